The lowest BCUT2D eigenvalue weighted by Crippen LogP contribution is -2.18. The average molecular weight is 209 g/mol. The number of rotatable bonds is 5. The highest BCUT2D eigenvalue weighted by Crippen LogP contribution is 2.22. The third kappa shape index (κ3) is 3.80. The first-order valence-corrected chi connectivity index (χ1v) is 5.24. The molecule has 1 aromatic rings. The van der Waals surface area contributed by atoms with Gasteiger partial charge in [-0.2, -0.15) is 0 Å². The van der Waals surface area contributed by atoms with Crippen molar-refractivity contribution in [2.24, 2.45) is 0 Å². The number of nitrogens with two attached hydrogens (primary N) is 1. The van der Waals surface area contributed by atoms with Gasteiger partial charge in [0, 0.05) is 6.61 Å². The summed E-state index contributed by atoms with van der Waals surface area (Å²) in [5, 5.41) is 0. The van der Waals surface area contributed by atoms with Crippen LogP contribution in [0.4, 0.5) is 5.69 Å². The number of hydrogen-bond acceptors (Lipinski definition) is 3. The van der Waals surface area contributed by atoms with Crippen molar-refractivity contribution in [1.82, 2.24) is 0 Å². The number of anilines is 1. The van der Waals surface area contributed by atoms with Crippen LogP contribution in [0, 0.1) is 6.92 Å². The van der Waals surface area contributed by atoms with Crippen LogP contribution < -0.4 is 10.5 Å². The molecule has 0 fully saturated rings. The van der Waals surface area contributed by atoms with Crippen molar-refractivity contribution in [1.29, 1.82) is 0 Å². The Balaban J connectivity index is 2.50. The molecule has 0 saturated carbocycles. The lowest BCUT2D eigenvalue weighted by Gasteiger charge is -2.14. The summed E-state index contributed by atoms with van der Waals surface area (Å²) in [7, 11) is 0. The number of aryl methyl sites for hydroxylation is 1. The minimum absolute atomic E-state index is 0.0932. The summed E-state index contributed by atoms with van der Waals surface area (Å²) in [5.74, 6) is 0.729. The Labute approximate surface area is 91.2 Å². The Bertz CT molecular complexity index is 312. The summed E-state index contributed by atoms with van der Waals surface area (Å²) in [5.41, 5.74) is 7.63. The Morgan fingerprint density at radius 3 is 2.73 bits per heavy atom. The molecule has 15 heavy (non-hydrogen) atoms. The Hall–Kier alpha value is -1.22. The van der Waals surface area contributed by atoms with Crippen LogP contribution in [0.2, 0.25) is 0 Å². The minimum Gasteiger partial charge on any atom is -0.489 e. The van der Waals surface area contributed by atoms with Crippen LogP contribution >= 0.6 is 0 Å². The molecule has 0 aliphatic heterocycles. The smallest absolute Gasteiger partial charge is 0.142 e. The molecule has 1 aromatic carbocycles. The van der Waals surface area contributed by atoms with Crippen molar-refractivity contribution in [3.05, 3.63) is 23.8 Å². The summed E-state index contributed by atoms with van der Waals surface area (Å²) >= 11 is 0. The first kappa shape index (κ1) is 11.9. The normalized spacial score (nSPS) is 12.5. The SMILES string of the molecule is CCOC(C)COc1ccc(C)cc1N. The van der Waals surface area contributed by atoms with Crippen molar-refractivity contribution >= 4 is 5.69 Å². The standard InChI is InChI=1S/C12H19NO2/c1-4-14-10(3)8-15-12-6-5-9(2)7-11(12)13/h5-7,10H,4,8,13H2,1-3H3. The molecule has 1 rings (SSSR count). The number of benzene rings is 1. The molecule has 0 radical (unpaired) electrons. The molecule has 0 saturated heterocycles. The average Bonchev–Trinajstić information content (AvgIpc) is 2.17. The second-order valence-electron chi connectivity index (χ2n) is 3.62. The Morgan fingerprint density at radius 1 is 1.40 bits per heavy atom. The highest BCUT2D eigenvalue weighted by Gasteiger charge is 2.04. The molecule has 0 bridgehead atoms. The van der Waals surface area contributed by atoms with E-state index in [4.69, 9.17) is 15.2 Å². The zero-order chi connectivity index (χ0) is 11.3. The molecule has 0 spiro atoms. The molecule has 1 atom stereocenters. The van der Waals surface area contributed by atoms with E-state index in [0.29, 0.717) is 18.9 Å². The van der Waals surface area contributed by atoms with Gasteiger partial charge < -0.3 is 15.2 Å². The van der Waals surface area contributed by atoms with E-state index < -0.39 is 0 Å². The lowest BCUT2D eigenvalue weighted by atomic mass is 10.2. The first-order chi connectivity index (χ1) is 7.13. The van der Waals surface area contributed by atoms with Gasteiger partial charge >= 0.3 is 0 Å². The molecule has 0 amide bonds. The van der Waals surface area contributed by atoms with E-state index in [9.17, 15) is 0 Å². The third-order valence-corrected chi connectivity index (χ3v) is 2.09. The molecule has 2 N–H and O–H groups in total. The van der Waals surface area contributed by atoms with Crippen molar-refractivity contribution in [2.45, 2.75) is 26.9 Å². The van der Waals surface area contributed by atoms with Crippen LogP contribution in [-0.4, -0.2) is 19.3 Å². The minimum atomic E-state index is 0.0932. The van der Waals surface area contributed by atoms with E-state index in [1.165, 1.54) is 0 Å². The molecule has 84 valence electrons. The highest BCUT2D eigenvalue weighted by molar-refractivity contribution is 5.53. The summed E-state index contributed by atoms with van der Waals surface area (Å²) in [6.45, 7) is 7.18. The third-order valence-electron chi connectivity index (χ3n) is 2.09. The molecule has 0 heterocycles. The lowest BCUT2D eigenvalue weighted by molar-refractivity contribution is 0.0404. The predicted molar refractivity (Wildman–Crippen MR) is 62.2 cm³/mol. The van der Waals surface area contributed by atoms with E-state index in [0.717, 1.165) is 11.3 Å². The summed E-state index contributed by atoms with van der Waals surface area (Å²) in [4.78, 5) is 0. The second kappa shape index (κ2) is 5.61. The van der Waals surface area contributed by atoms with Gasteiger partial charge in [0.25, 0.3) is 0 Å². The maximum Gasteiger partial charge on any atom is 0.142 e. The van der Waals surface area contributed by atoms with Crippen LogP contribution in [0.5, 0.6) is 5.75 Å². The van der Waals surface area contributed by atoms with Crippen molar-refractivity contribution < 1.29 is 9.47 Å². The summed E-state index contributed by atoms with van der Waals surface area (Å²) < 4.78 is 10.9. The van der Waals surface area contributed by atoms with Crippen LogP contribution in [0.3, 0.4) is 0 Å². The van der Waals surface area contributed by atoms with Gasteiger partial charge in [0.1, 0.15) is 12.4 Å². The fourth-order valence-electron chi connectivity index (χ4n) is 1.34. The monoisotopic (exact) mass is 209 g/mol. The summed E-state index contributed by atoms with van der Waals surface area (Å²) in [6.07, 6.45) is 0.0932. The maximum absolute atomic E-state index is 5.82. The highest BCUT2D eigenvalue weighted by atomic mass is 16.5. The van der Waals surface area contributed by atoms with E-state index >= 15 is 0 Å². The van der Waals surface area contributed by atoms with Gasteiger partial charge in [-0.3, -0.25) is 0 Å². The van der Waals surface area contributed by atoms with Crippen LogP contribution in [-0.2, 0) is 4.74 Å². The van der Waals surface area contributed by atoms with Gasteiger partial charge in [-0.05, 0) is 38.5 Å². The molecule has 3 heteroatoms. The van der Waals surface area contributed by atoms with Gasteiger partial charge in [0.05, 0.1) is 11.8 Å². The van der Waals surface area contributed by atoms with Gasteiger partial charge in [-0.15, -0.1) is 0 Å². The van der Waals surface area contributed by atoms with Crippen molar-refractivity contribution in [3.8, 4) is 5.75 Å². The molecule has 3 nitrogen and oxygen atoms in total. The van der Waals surface area contributed by atoms with Gasteiger partial charge in [0.15, 0.2) is 0 Å². The van der Waals surface area contributed by atoms with E-state index in [1.54, 1.807) is 0 Å². The van der Waals surface area contributed by atoms with Crippen molar-refractivity contribution in [2.75, 3.05) is 18.9 Å². The molecular weight excluding hydrogens is 190 g/mol. The molecule has 0 aromatic heterocycles. The van der Waals surface area contributed by atoms with Gasteiger partial charge in [-0.25, -0.2) is 0 Å². The zero-order valence-electron chi connectivity index (χ0n) is 9.62. The summed E-state index contributed by atoms with van der Waals surface area (Å²) in [6, 6.07) is 5.78. The van der Waals surface area contributed by atoms with E-state index in [2.05, 4.69) is 0 Å². The number of hydrogen-bond donors (Lipinski definition) is 1. The van der Waals surface area contributed by atoms with E-state index in [1.807, 2.05) is 39.0 Å². The van der Waals surface area contributed by atoms with Crippen molar-refractivity contribution in [3.63, 3.8) is 0 Å². The molecule has 0 aliphatic carbocycles. The van der Waals surface area contributed by atoms with Crippen LogP contribution in [0.1, 0.15) is 19.4 Å². The van der Waals surface area contributed by atoms with Gasteiger partial charge in [-0.1, -0.05) is 6.07 Å². The second-order valence-corrected chi connectivity index (χ2v) is 3.62. The quantitative estimate of drug-likeness (QED) is 0.757. The van der Waals surface area contributed by atoms with E-state index in [-0.39, 0.29) is 6.10 Å². The maximum atomic E-state index is 5.82. The van der Waals surface area contributed by atoms with Crippen LogP contribution in [0.15, 0.2) is 18.2 Å². The Morgan fingerprint density at radius 2 is 2.13 bits per heavy atom. The van der Waals surface area contributed by atoms with Gasteiger partial charge in [0.2, 0.25) is 0 Å². The topological polar surface area (TPSA) is 44.5 Å². The molecular formula is C12H19NO2. The fraction of sp³-hybridized carbons (Fsp3) is 0.500. The number of ether oxygens (including phenoxy) is 2. The zero-order valence-corrected chi connectivity index (χ0v) is 9.62. The molecule has 1 unspecified atom stereocenters. The largest absolute Gasteiger partial charge is 0.489 e. The number of nitrogen functional groups attached to an aromatic ring is 1. The van der Waals surface area contributed by atoms with Crippen LogP contribution in [0.25, 0.3) is 0 Å². The Kier molecular flexibility index (Phi) is 4.43. The molecule has 0 aliphatic rings. The predicted octanol–water partition coefficient (Wildman–Crippen LogP) is 2.38. The first-order valence-electron chi connectivity index (χ1n) is 5.24. The fourth-order valence-corrected chi connectivity index (χ4v) is 1.34.